The number of thiophene rings is 1. The molecule has 0 atom stereocenters. The van der Waals surface area contributed by atoms with Gasteiger partial charge in [-0.2, -0.15) is 5.26 Å². The van der Waals surface area contributed by atoms with Gasteiger partial charge in [0, 0.05) is 16.8 Å². The standard InChI is InChI=1S/C18H17ClN2S/c1-10-5-14(12-6-13(8-20)22-9-12)16(19)15-11(2)7-18(3,4)21-17(10)15/h5-7,9,21H,1-4H3. The molecule has 0 amide bonds. The zero-order chi connectivity index (χ0) is 16.1. The van der Waals surface area contributed by atoms with Gasteiger partial charge in [-0.3, -0.25) is 0 Å². The third-order valence-corrected chi connectivity index (χ3v) is 5.13. The molecule has 4 heteroatoms. The van der Waals surface area contributed by atoms with Crippen LogP contribution in [0.2, 0.25) is 5.02 Å². The number of nitrogens with one attached hydrogen (secondary N) is 1. The van der Waals surface area contributed by atoms with Gasteiger partial charge in [0.1, 0.15) is 10.9 Å². The Kier molecular flexibility index (Phi) is 3.55. The van der Waals surface area contributed by atoms with Crippen molar-refractivity contribution in [1.29, 1.82) is 5.26 Å². The summed E-state index contributed by atoms with van der Waals surface area (Å²) in [6.07, 6.45) is 2.21. The molecule has 0 saturated heterocycles. The Morgan fingerprint density at radius 2 is 2.00 bits per heavy atom. The highest BCUT2D eigenvalue weighted by Crippen LogP contribution is 2.45. The smallest absolute Gasteiger partial charge is 0.110 e. The van der Waals surface area contributed by atoms with E-state index in [4.69, 9.17) is 16.9 Å². The third kappa shape index (κ3) is 2.43. The molecule has 0 spiro atoms. The molecule has 2 aromatic rings. The van der Waals surface area contributed by atoms with Crippen LogP contribution in [0.4, 0.5) is 5.69 Å². The number of benzene rings is 1. The van der Waals surface area contributed by atoms with Crippen molar-refractivity contribution in [1.82, 2.24) is 0 Å². The predicted octanol–water partition coefficient (Wildman–Crippen LogP) is 5.86. The van der Waals surface area contributed by atoms with Gasteiger partial charge in [-0.1, -0.05) is 17.7 Å². The Bertz CT molecular complexity index is 838. The minimum atomic E-state index is -0.0803. The maximum absolute atomic E-state index is 9.02. The summed E-state index contributed by atoms with van der Waals surface area (Å²) in [6, 6.07) is 6.19. The number of nitriles is 1. The molecule has 3 rings (SSSR count). The largest absolute Gasteiger partial charge is 0.376 e. The summed E-state index contributed by atoms with van der Waals surface area (Å²) in [5.74, 6) is 0. The molecule has 0 saturated carbocycles. The van der Waals surface area contributed by atoms with Gasteiger partial charge in [-0.05, 0) is 61.9 Å². The topological polar surface area (TPSA) is 35.8 Å². The Morgan fingerprint density at radius 1 is 1.27 bits per heavy atom. The maximum Gasteiger partial charge on any atom is 0.110 e. The number of hydrogen-bond donors (Lipinski definition) is 1. The number of hydrogen-bond acceptors (Lipinski definition) is 3. The van der Waals surface area contributed by atoms with Crippen molar-refractivity contribution >= 4 is 34.2 Å². The van der Waals surface area contributed by atoms with E-state index < -0.39 is 0 Å². The number of nitrogens with zero attached hydrogens (tertiary/aromatic N) is 1. The Balaban J connectivity index is 2.24. The molecule has 1 aliphatic heterocycles. The van der Waals surface area contributed by atoms with Crippen molar-refractivity contribution in [3.63, 3.8) is 0 Å². The summed E-state index contributed by atoms with van der Waals surface area (Å²) in [4.78, 5) is 0.702. The van der Waals surface area contributed by atoms with Gasteiger partial charge >= 0.3 is 0 Å². The van der Waals surface area contributed by atoms with Gasteiger partial charge < -0.3 is 5.32 Å². The molecule has 2 heterocycles. The lowest BCUT2D eigenvalue weighted by molar-refractivity contribution is 0.706. The first kappa shape index (κ1) is 15.1. The Morgan fingerprint density at radius 3 is 2.64 bits per heavy atom. The number of aryl methyl sites for hydroxylation is 1. The fraction of sp³-hybridized carbons (Fsp3) is 0.278. The van der Waals surface area contributed by atoms with Gasteiger partial charge in [0.05, 0.1) is 10.6 Å². The first-order chi connectivity index (χ1) is 10.3. The average molecular weight is 329 g/mol. The van der Waals surface area contributed by atoms with E-state index in [-0.39, 0.29) is 5.54 Å². The molecule has 1 aromatic heterocycles. The molecule has 1 aromatic carbocycles. The molecule has 0 radical (unpaired) electrons. The van der Waals surface area contributed by atoms with Crippen LogP contribution in [0.25, 0.3) is 16.7 Å². The van der Waals surface area contributed by atoms with E-state index >= 15 is 0 Å². The summed E-state index contributed by atoms with van der Waals surface area (Å²) < 4.78 is 0. The van der Waals surface area contributed by atoms with Crippen LogP contribution in [0.1, 0.15) is 36.8 Å². The lowest BCUT2D eigenvalue weighted by Crippen LogP contribution is -2.32. The molecule has 0 unspecified atom stereocenters. The molecule has 1 N–H and O–H groups in total. The van der Waals surface area contributed by atoms with E-state index in [9.17, 15) is 0 Å². The third-order valence-electron chi connectivity index (χ3n) is 3.90. The normalized spacial score (nSPS) is 15.5. The van der Waals surface area contributed by atoms with E-state index in [1.165, 1.54) is 22.5 Å². The van der Waals surface area contributed by atoms with E-state index in [0.717, 1.165) is 27.4 Å². The molecule has 112 valence electrons. The monoisotopic (exact) mass is 328 g/mol. The minimum Gasteiger partial charge on any atom is -0.376 e. The summed E-state index contributed by atoms with van der Waals surface area (Å²) in [5, 5.41) is 15.3. The molecule has 22 heavy (non-hydrogen) atoms. The number of halogens is 1. The maximum atomic E-state index is 9.02. The second-order valence-corrected chi connectivity index (χ2v) is 7.58. The molecule has 0 aliphatic carbocycles. The highest BCUT2D eigenvalue weighted by Gasteiger charge is 2.27. The van der Waals surface area contributed by atoms with E-state index in [0.29, 0.717) is 4.88 Å². The Hall–Kier alpha value is -1.76. The quantitative estimate of drug-likeness (QED) is 0.712. The number of allylic oxidation sites excluding steroid dienone is 1. The zero-order valence-corrected chi connectivity index (χ0v) is 14.6. The van der Waals surface area contributed by atoms with Crippen molar-refractivity contribution in [2.75, 3.05) is 5.32 Å². The van der Waals surface area contributed by atoms with Crippen molar-refractivity contribution < 1.29 is 0 Å². The minimum absolute atomic E-state index is 0.0803. The molecular weight excluding hydrogens is 312 g/mol. The van der Waals surface area contributed by atoms with Crippen molar-refractivity contribution in [2.45, 2.75) is 33.2 Å². The van der Waals surface area contributed by atoms with Crippen molar-refractivity contribution in [2.24, 2.45) is 0 Å². The van der Waals surface area contributed by atoms with E-state index in [1.54, 1.807) is 0 Å². The van der Waals surface area contributed by atoms with E-state index in [2.05, 4.69) is 51.2 Å². The highest BCUT2D eigenvalue weighted by molar-refractivity contribution is 7.10. The van der Waals surface area contributed by atoms with Crippen LogP contribution in [0.15, 0.2) is 23.6 Å². The van der Waals surface area contributed by atoms with Gasteiger partial charge in [-0.25, -0.2) is 0 Å². The fourth-order valence-corrected chi connectivity index (χ4v) is 4.15. The predicted molar refractivity (Wildman–Crippen MR) is 95.6 cm³/mol. The number of anilines is 1. The van der Waals surface area contributed by atoms with Crippen LogP contribution in [-0.2, 0) is 0 Å². The number of fused-ring (bicyclic) bond motifs is 1. The summed E-state index contributed by atoms with van der Waals surface area (Å²) in [5.41, 5.74) is 6.45. The summed E-state index contributed by atoms with van der Waals surface area (Å²) in [6.45, 7) is 8.50. The first-order valence-electron chi connectivity index (χ1n) is 7.12. The first-order valence-corrected chi connectivity index (χ1v) is 8.38. The van der Waals surface area contributed by atoms with Gasteiger partial charge in [0.15, 0.2) is 0 Å². The van der Waals surface area contributed by atoms with Gasteiger partial charge in [0.2, 0.25) is 0 Å². The highest BCUT2D eigenvalue weighted by atomic mass is 35.5. The van der Waals surface area contributed by atoms with Crippen LogP contribution in [-0.4, -0.2) is 5.54 Å². The molecule has 0 bridgehead atoms. The van der Waals surface area contributed by atoms with Crippen LogP contribution in [0.5, 0.6) is 0 Å². The molecular formula is C18H17ClN2S. The molecule has 0 fully saturated rings. The van der Waals surface area contributed by atoms with E-state index in [1.807, 2.05) is 11.4 Å². The van der Waals surface area contributed by atoms with Crippen LogP contribution in [0, 0.1) is 18.3 Å². The molecule has 2 nitrogen and oxygen atoms in total. The average Bonchev–Trinajstić information content (AvgIpc) is 2.89. The second-order valence-electron chi connectivity index (χ2n) is 6.29. The van der Waals surface area contributed by atoms with Crippen molar-refractivity contribution in [3.8, 4) is 17.2 Å². The summed E-state index contributed by atoms with van der Waals surface area (Å²) in [7, 11) is 0. The Labute approximate surface area is 140 Å². The molecule has 1 aliphatic rings. The van der Waals surface area contributed by atoms with Crippen LogP contribution >= 0.6 is 22.9 Å². The lowest BCUT2D eigenvalue weighted by Gasteiger charge is -2.33. The van der Waals surface area contributed by atoms with Gasteiger partial charge in [0.25, 0.3) is 0 Å². The van der Waals surface area contributed by atoms with Crippen molar-refractivity contribution in [3.05, 3.63) is 44.6 Å². The van der Waals surface area contributed by atoms with Crippen LogP contribution < -0.4 is 5.32 Å². The van der Waals surface area contributed by atoms with Crippen LogP contribution in [0.3, 0.4) is 0 Å². The summed E-state index contributed by atoms with van der Waals surface area (Å²) >= 11 is 8.16. The SMILES string of the molecule is CC1=CC(C)(C)Nc2c(C)cc(-c3csc(C#N)c3)c(Cl)c21. The second kappa shape index (κ2) is 5.15. The zero-order valence-electron chi connectivity index (χ0n) is 13.0. The lowest BCUT2D eigenvalue weighted by atomic mass is 9.87. The number of rotatable bonds is 1. The fourth-order valence-electron chi connectivity index (χ4n) is 3.04. The van der Waals surface area contributed by atoms with Gasteiger partial charge in [-0.15, -0.1) is 11.3 Å².